The van der Waals surface area contributed by atoms with E-state index in [2.05, 4.69) is 48.6 Å². The summed E-state index contributed by atoms with van der Waals surface area (Å²) < 4.78 is 0. The third-order valence-corrected chi connectivity index (χ3v) is 2.49. The van der Waals surface area contributed by atoms with Crippen LogP contribution in [0.1, 0.15) is 11.1 Å². The van der Waals surface area contributed by atoms with Crippen molar-refractivity contribution in [1.29, 1.82) is 0 Å². The van der Waals surface area contributed by atoms with Crippen molar-refractivity contribution in [3.05, 3.63) is 78.7 Å². The molecule has 0 spiro atoms. The topological polar surface area (TPSA) is 0 Å². The van der Waals surface area contributed by atoms with Crippen LogP contribution in [-0.4, -0.2) is 0 Å². The molecule has 3 heteroatoms. The number of halogens is 2. The summed E-state index contributed by atoms with van der Waals surface area (Å²) in [4.78, 5) is 0. The molecule has 0 fully saturated rings. The predicted molar refractivity (Wildman–Crippen MR) is 78.9 cm³/mol. The minimum atomic E-state index is 0.952. The second kappa shape index (κ2) is 12.4. The summed E-state index contributed by atoms with van der Waals surface area (Å²) in [5, 5.41) is 0.952. The van der Waals surface area contributed by atoms with Gasteiger partial charge in [0.05, 0.1) is 0 Å². The molecule has 0 amide bonds. The molecule has 0 unspecified atom stereocenters. The van der Waals surface area contributed by atoms with Crippen LogP contribution in [-0.2, 0) is 21.7 Å². The van der Waals surface area contributed by atoms with Crippen molar-refractivity contribution in [2.75, 3.05) is 0 Å². The van der Waals surface area contributed by atoms with E-state index in [1.807, 2.05) is 48.5 Å². The minimum absolute atomic E-state index is 0.952. The molecule has 0 heterocycles. The quantitative estimate of drug-likeness (QED) is 0.342. The van der Waals surface area contributed by atoms with Gasteiger partial charge in [0, 0.05) is 5.33 Å². The summed E-state index contributed by atoms with van der Waals surface area (Å²) in [6.45, 7) is 3.72. The number of hydrogen-bond donors (Lipinski definition) is 0. The standard InChI is InChI=1S/C7H7Br.C7H7.BrH.Zn/c8-6-7-4-2-1-3-5-7;1-7-5-3-2-4-6-7;;/h1-5H,6H2;2-6H,1H2;1H;/q;-1;;+2/p-1. The zero-order chi connectivity index (χ0) is 12.9. The van der Waals surface area contributed by atoms with Gasteiger partial charge < -0.3 is 0 Å². The summed E-state index contributed by atoms with van der Waals surface area (Å²) >= 11 is 7.61. The molecule has 0 radical (unpaired) electrons. The van der Waals surface area contributed by atoms with Crippen LogP contribution in [0.2, 0.25) is 0 Å². The molecule has 0 aromatic heterocycles. The van der Waals surface area contributed by atoms with Crippen LogP contribution in [0.25, 0.3) is 0 Å². The fraction of sp³-hybridized carbons (Fsp3) is 0.0714. The molecule has 2 rings (SSSR count). The van der Waals surface area contributed by atoms with Gasteiger partial charge in [0.25, 0.3) is 0 Å². The Hall–Kier alpha value is -0.107. The third kappa shape index (κ3) is 9.58. The van der Waals surface area contributed by atoms with E-state index >= 15 is 0 Å². The van der Waals surface area contributed by atoms with Gasteiger partial charge in [0.2, 0.25) is 0 Å². The Kier molecular flexibility index (Phi) is 12.3. The predicted octanol–water partition coefficient (Wildman–Crippen LogP) is 5.29. The maximum absolute atomic E-state index is 3.72. The van der Waals surface area contributed by atoms with Crippen molar-refractivity contribution in [1.82, 2.24) is 0 Å². The van der Waals surface area contributed by atoms with Crippen LogP contribution in [0, 0.1) is 6.92 Å². The molecule has 0 saturated heterocycles. The fourth-order valence-corrected chi connectivity index (χ4v) is 1.42. The first-order valence-electron chi connectivity index (χ1n) is 5.06. The molecule has 0 N–H and O–H groups in total. The fourth-order valence-electron chi connectivity index (χ4n) is 1.05. The Bertz CT molecular complexity index is 362. The van der Waals surface area contributed by atoms with Crippen LogP contribution < -0.4 is 0 Å². The summed E-state index contributed by atoms with van der Waals surface area (Å²) in [7, 11) is 0. The second-order valence-corrected chi connectivity index (χ2v) is 3.67. The Morgan fingerprint density at radius 1 is 0.824 bits per heavy atom. The molecule has 0 aliphatic rings. The van der Waals surface area contributed by atoms with E-state index in [-0.39, 0.29) is 0 Å². The Balaban J connectivity index is 0.000000265. The molecule has 2 aromatic carbocycles. The van der Waals surface area contributed by atoms with Crippen LogP contribution >= 0.6 is 29.6 Å². The first-order valence-corrected chi connectivity index (χ1v) is 13.1. The Morgan fingerprint density at radius 3 is 1.47 bits per heavy atom. The van der Waals surface area contributed by atoms with Gasteiger partial charge in [-0.2, -0.15) is 24.6 Å². The van der Waals surface area contributed by atoms with Gasteiger partial charge in [-0.25, -0.2) is 0 Å². The molecule has 0 nitrogen and oxygen atoms in total. The molecule has 0 aliphatic carbocycles. The second-order valence-electron chi connectivity index (χ2n) is 3.10. The van der Waals surface area contributed by atoms with Crippen LogP contribution in [0.5, 0.6) is 0 Å². The SMILES string of the molecule is BrCc1ccccc1.[CH2-]c1ccccc1.[Zn+][Br]. The number of hydrogen-bond acceptors (Lipinski definition) is 0. The van der Waals surface area contributed by atoms with Crippen LogP contribution in [0.4, 0.5) is 0 Å². The average molecular weight is 407 g/mol. The van der Waals surface area contributed by atoms with Crippen molar-refractivity contribution < 1.29 is 16.3 Å². The normalized spacial score (nSPS) is 8.24. The zero-order valence-corrected chi connectivity index (χ0v) is 15.8. The number of rotatable bonds is 1. The summed E-state index contributed by atoms with van der Waals surface area (Å²) in [6.07, 6.45) is 0. The van der Waals surface area contributed by atoms with E-state index in [0.29, 0.717) is 0 Å². The van der Waals surface area contributed by atoms with Crippen molar-refractivity contribution in [3.63, 3.8) is 0 Å². The van der Waals surface area contributed by atoms with Gasteiger partial charge >= 0.3 is 30.0 Å². The first-order chi connectivity index (χ1) is 8.33. The molecule has 2 aromatic rings. The molecule has 17 heavy (non-hydrogen) atoms. The van der Waals surface area contributed by atoms with Crippen LogP contribution in [0.3, 0.4) is 0 Å². The zero-order valence-electron chi connectivity index (χ0n) is 9.65. The van der Waals surface area contributed by atoms with Crippen molar-refractivity contribution in [2.45, 2.75) is 5.33 Å². The van der Waals surface area contributed by atoms with Gasteiger partial charge in [-0.3, -0.25) is 0 Å². The van der Waals surface area contributed by atoms with E-state index in [9.17, 15) is 0 Å². The maximum atomic E-state index is 3.72. The summed E-state index contributed by atoms with van der Waals surface area (Å²) in [6, 6.07) is 20.2. The van der Waals surface area contributed by atoms with Gasteiger partial charge in [-0.05, 0) is 5.56 Å². The van der Waals surface area contributed by atoms with Gasteiger partial charge in [-0.15, -0.1) is 12.1 Å². The van der Waals surface area contributed by atoms with Gasteiger partial charge in [-0.1, -0.05) is 52.3 Å². The average Bonchev–Trinajstić information content (AvgIpc) is 2.43. The molecular weight excluding hydrogens is 393 g/mol. The Morgan fingerprint density at radius 2 is 1.24 bits per heavy atom. The summed E-state index contributed by atoms with van der Waals surface area (Å²) in [5.74, 6) is 0. The van der Waals surface area contributed by atoms with Crippen LogP contribution in [0.15, 0.2) is 60.7 Å². The van der Waals surface area contributed by atoms with Gasteiger partial charge in [0.15, 0.2) is 0 Å². The van der Waals surface area contributed by atoms with E-state index < -0.39 is 0 Å². The monoisotopic (exact) mass is 404 g/mol. The summed E-state index contributed by atoms with van der Waals surface area (Å²) in [5.41, 5.74) is 2.40. The van der Waals surface area contributed by atoms with Crippen molar-refractivity contribution >= 4 is 29.6 Å². The first kappa shape index (κ1) is 16.9. The molecule has 0 bridgehead atoms. The molecular formula is C14H14Br2Zn. The van der Waals surface area contributed by atoms with E-state index in [4.69, 9.17) is 0 Å². The number of alkyl halides is 1. The van der Waals surface area contributed by atoms with Gasteiger partial charge in [0.1, 0.15) is 0 Å². The van der Waals surface area contributed by atoms with E-state index in [0.717, 1.165) is 10.9 Å². The molecule has 0 saturated carbocycles. The van der Waals surface area contributed by atoms with E-state index in [1.165, 1.54) is 21.9 Å². The Labute approximate surface area is 129 Å². The van der Waals surface area contributed by atoms with Crippen molar-refractivity contribution in [3.8, 4) is 0 Å². The molecule has 0 aliphatic heterocycles. The van der Waals surface area contributed by atoms with E-state index in [1.54, 1.807) is 0 Å². The molecule has 0 atom stereocenters. The number of benzene rings is 2. The molecule has 86 valence electrons. The van der Waals surface area contributed by atoms with Crippen molar-refractivity contribution in [2.24, 2.45) is 0 Å². The third-order valence-electron chi connectivity index (χ3n) is 1.84.